The lowest BCUT2D eigenvalue weighted by atomic mass is 10.1. The zero-order valence-corrected chi connectivity index (χ0v) is 13.3. The molecule has 0 spiro atoms. The van der Waals surface area contributed by atoms with Gasteiger partial charge in [-0.05, 0) is 32.0 Å². The Morgan fingerprint density at radius 2 is 1.90 bits per heavy atom. The fraction of sp³-hybridized carbons (Fsp3) is 0.571. The average molecular weight is 300 g/mol. The van der Waals surface area contributed by atoms with Gasteiger partial charge in [0, 0.05) is 6.61 Å². The molecule has 0 fully saturated rings. The minimum Gasteiger partial charge on any atom is -0.380 e. The first-order chi connectivity index (χ1) is 9.42. The molecule has 0 amide bonds. The molecule has 1 atom stereocenters. The van der Waals surface area contributed by atoms with Crippen LogP contribution in [-0.2, 0) is 14.8 Å². The molecule has 0 saturated heterocycles. The number of rotatable bonds is 8. The molecule has 0 aliphatic carbocycles. The highest BCUT2D eigenvalue weighted by molar-refractivity contribution is 7.89. The lowest BCUT2D eigenvalue weighted by Gasteiger charge is -2.24. The summed E-state index contributed by atoms with van der Waals surface area (Å²) < 4.78 is 31.8. The summed E-state index contributed by atoms with van der Waals surface area (Å²) in [5.41, 5.74) is 0.597. The van der Waals surface area contributed by atoms with Crippen molar-refractivity contribution in [2.24, 2.45) is 5.92 Å². The Morgan fingerprint density at radius 3 is 2.45 bits per heavy atom. The molecule has 0 heterocycles. The van der Waals surface area contributed by atoms with Crippen molar-refractivity contribution in [3.8, 4) is 0 Å². The maximum absolute atomic E-state index is 12.0. The van der Waals surface area contributed by atoms with Crippen LogP contribution in [0, 0.1) is 5.92 Å². The highest BCUT2D eigenvalue weighted by Gasteiger charge is 2.20. The maximum Gasteiger partial charge on any atom is 0.242 e. The number of nitrogens with one attached hydrogen (secondary N) is 2. The van der Waals surface area contributed by atoms with Crippen LogP contribution >= 0.6 is 0 Å². The smallest absolute Gasteiger partial charge is 0.242 e. The molecule has 0 saturated carbocycles. The summed E-state index contributed by atoms with van der Waals surface area (Å²) in [5.74, 6) is 0.326. The van der Waals surface area contributed by atoms with Gasteiger partial charge in [0.2, 0.25) is 10.0 Å². The van der Waals surface area contributed by atoms with Gasteiger partial charge in [0.25, 0.3) is 0 Å². The van der Waals surface area contributed by atoms with E-state index in [9.17, 15) is 8.42 Å². The van der Waals surface area contributed by atoms with Gasteiger partial charge in [0.1, 0.15) is 4.90 Å². The van der Waals surface area contributed by atoms with Crippen LogP contribution in [0.25, 0.3) is 0 Å². The fourth-order valence-electron chi connectivity index (χ4n) is 1.78. The van der Waals surface area contributed by atoms with Crippen LogP contribution < -0.4 is 10.0 Å². The first kappa shape index (κ1) is 16.9. The van der Waals surface area contributed by atoms with Crippen LogP contribution in [0.15, 0.2) is 29.2 Å². The molecule has 1 aromatic rings. The molecule has 5 nitrogen and oxygen atoms in total. The number of hydrogen-bond acceptors (Lipinski definition) is 4. The molecule has 0 aromatic heterocycles. The lowest BCUT2D eigenvalue weighted by Crippen LogP contribution is -2.32. The van der Waals surface area contributed by atoms with Crippen LogP contribution in [0.2, 0.25) is 0 Å². The van der Waals surface area contributed by atoms with Crippen molar-refractivity contribution < 1.29 is 13.2 Å². The zero-order chi connectivity index (χ0) is 15.2. The van der Waals surface area contributed by atoms with Crippen LogP contribution in [0.4, 0.5) is 5.69 Å². The highest BCUT2D eigenvalue weighted by atomic mass is 32.2. The van der Waals surface area contributed by atoms with Crippen molar-refractivity contribution in [1.82, 2.24) is 4.72 Å². The Bertz CT molecular complexity index is 515. The summed E-state index contributed by atoms with van der Waals surface area (Å²) in [7, 11) is -2.07. The highest BCUT2D eigenvalue weighted by Crippen LogP contribution is 2.22. The van der Waals surface area contributed by atoms with Gasteiger partial charge < -0.3 is 10.1 Å². The topological polar surface area (TPSA) is 67.4 Å². The third-order valence-corrected chi connectivity index (χ3v) is 4.56. The van der Waals surface area contributed by atoms with E-state index in [4.69, 9.17) is 4.74 Å². The maximum atomic E-state index is 12.0. The number of sulfonamides is 1. The second-order valence-electron chi connectivity index (χ2n) is 4.86. The summed E-state index contributed by atoms with van der Waals surface area (Å²) in [5, 5.41) is 3.28. The van der Waals surface area contributed by atoms with Gasteiger partial charge in [-0.25, -0.2) is 13.1 Å². The first-order valence-electron chi connectivity index (χ1n) is 6.79. The van der Waals surface area contributed by atoms with Gasteiger partial charge in [-0.2, -0.15) is 0 Å². The van der Waals surface area contributed by atoms with E-state index in [1.54, 1.807) is 18.2 Å². The average Bonchev–Trinajstić information content (AvgIpc) is 2.43. The molecule has 0 bridgehead atoms. The minimum atomic E-state index is -3.47. The molecule has 2 N–H and O–H groups in total. The summed E-state index contributed by atoms with van der Waals surface area (Å²) in [6.07, 6.45) is 0. The number of benzene rings is 1. The molecule has 1 rings (SSSR count). The third kappa shape index (κ3) is 4.47. The number of hydrogen-bond donors (Lipinski definition) is 2. The Morgan fingerprint density at radius 1 is 1.25 bits per heavy atom. The Kier molecular flexibility index (Phi) is 6.45. The van der Waals surface area contributed by atoms with Crippen LogP contribution in [0.1, 0.15) is 20.8 Å². The minimum absolute atomic E-state index is 0.0585. The van der Waals surface area contributed by atoms with Crippen LogP contribution in [-0.4, -0.2) is 34.7 Å². The molecular weight excluding hydrogens is 276 g/mol. The molecule has 6 heteroatoms. The fourth-order valence-corrected chi connectivity index (χ4v) is 2.67. The Labute approximate surface area is 121 Å². The Balaban J connectivity index is 3.01. The molecule has 0 aliphatic heterocycles. The van der Waals surface area contributed by atoms with Crippen molar-refractivity contribution in [1.29, 1.82) is 0 Å². The van der Waals surface area contributed by atoms with Gasteiger partial charge in [-0.3, -0.25) is 0 Å². The number of anilines is 1. The van der Waals surface area contributed by atoms with Gasteiger partial charge >= 0.3 is 0 Å². The van der Waals surface area contributed by atoms with Crippen molar-refractivity contribution in [2.45, 2.75) is 31.7 Å². The third-order valence-electron chi connectivity index (χ3n) is 3.09. The van der Waals surface area contributed by atoms with Crippen molar-refractivity contribution >= 4 is 15.7 Å². The molecule has 0 radical (unpaired) electrons. The zero-order valence-electron chi connectivity index (χ0n) is 12.5. The van der Waals surface area contributed by atoms with E-state index in [0.717, 1.165) is 0 Å². The van der Waals surface area contributed by atoms with Gasteiger partial charge in [-0.15, -0.1) is 0 Å². The van der Waals surface area contributed by atoms with E-state index >= 15 is 0 Å². The summed E-state index contributed by atoms with van der Waals surface area (Å²) in [6.45, 7) is 7.28. The van der Waals surface area contributed by atoms with Crippen LogP contribution in [0.3, 0.4) is 0 Å². The van der Waals surface area contributed by atoms with Gasteiger partial charge in [-0.1, -0.05) is 26.0 Å². The normalized spacial score (nSPS) is 13.4. The molecule has 0 aliphatic rings. The second kappa shape index (κ2) is 7.61. The number of para-hydroxylation sites is 1. The van der Waals surface area contributed by atoms with Crippen LogP contribution in [0.5, 0.6) is 0 Å². The summed E-state index contributed by atoms with van der Waals surface area (Å²) >= 11 is 0. The molecule has 1 unspecified atom stereocenters. The Hall–Kier alpha value is -1.11. The van der Waals surface area contributed by atoms with E-state index in [-0.39, 0.29) is 10.9 Å². The van der Waals surface area contributed by atoms with E-state index in [1.165, 1.54) is 7.05 Å². The largest absolute Gasteiger partial charge is 0.380 e. The first-order valence-corrected chi connectivity index (χ1v) is 8.27. The molecular formula is C14H24N2O3S. The van der Waals surface area contributed by atoms with Crippen molar-refractivity contribution in [3.05, 3.63) is 24.3 Å². The van der Waals surface area contributed by atoms with Gasteiger partial charge in [0.15, 0.2) is 0 Å². The SMILES string of the molecule is CCOCC(Nc1ccccc1S(=O)(=O)NC)C(C)C. The lowest BCUT2D eigenvalue weighted by molar-refractivity contribution is 0.126. The molecule has 1 aromatic carbocycles. The van der Waals surface area contributed by atoms with Crippen molar-refractivity contribution in [2.75, 3.05) is 25.6 Å². The van der Waals surface area contributed by atoms with E-state index < -0.39 is 10.0 Å². The molecule has 20 heavy (non-hydrogen) atoms. The quantitative estimate of drug-likeness (QED) is 0.771. The van der Waals surface area contributed by atoms with E-state index in [0.29, 0.717) is 24.8 Å². The predicted molar refractivity (Wildman–Crippen MR) is 81.4 cm³/mol. The predicted octanol–water partition coefficient (Wildman–Crippen LogP) is 2.07. The van der Waals surface area contributed by atoms with Gasteiger partial charge in [0.05, 0.1) is 18.3 Å². The summed E-state index contributed by atoms with van der Waals surface area (Å²) in [6, 6.07) is 6.94. The standard InChI is InChI=1S/C14H24N2O3S/c1-5-19-10-13(11(2)3)16-12-8-6-7-9-14(12)20(17,18)15-4/h6-9,11,13,15-16H,5,10H2,1-4H3. The number of ether oxygens (including phenoxy) is 1. The monoisotopic (exact) mass is 300 g/mol. The van der Waals surface area contributed by atoms with E-state index in [1.807, 2.05) is 13.0 Å². The molecule has 114 valence electrons. The summed E-state index contributed by atoms with van der Waals surface area (Å²) in [4.78, 5) is 0.254. The second-order valence-corrected chi connectivity index (χ2v) is 6.71. The van der Waals surface area contributed by atoms with E-state index in [2.05, 4.69) is 23.9 Å². The van der Waals surface area contributed by atoms with Crippen molar-refractivity contribution in [3.63, 3.8) is 0 Å².